The molecule has 0 fully saturated rings. The van der Waals surface area contributed by atoms with Gasteiger partial charge < -0.3 is 14.8 Å². The lowest BCUT2D eigenvalue weighted by Gasteiger charge is -2.12. The van der Waals surface area contributed by atoms with Crippen molar-refractivity contribution < 1.29 is 18.7 Å². The number of carbonyl (C=O) groups is 1. The maximum Gasteiger partial charge on any atom is 0.258 e. The first-order chi connectivity index (χ1) is 13.5. The van der Waals surface area contributed by atoms with Gasteiger partial charge in [-0.1, -0.05) is 6.07 Å². The van der Waals surface area contributed by atoms with Crippen molar-refractivity contribution in [2.24, 2.45) is 0 Å². The number of hydrogen-bond acceptors (Lipinski definition) is 5. The molecule has 0 unspecified atom stereocenters. The molecule has 1 N–H and O–H groups in total. The number of rotatable bonds is 7. The van der Waals surface area contributed by atoms with Gasteiger partial charge in [-0.05, 0) is 43.3 Å². The molecule has 0 aliphatic rings. The molecule has 1 aromatic heterocycles. The van der Waals surface area contributed by atoms with Crippen molar-refractivity contribution in [3.63, 3.8) is 0 Å². The van der Waals surface area contributed by atoms with Gasteiger partial charge in [-0.2, -0.15) is 0 Å². The van der Waals surface area contributed by atoms with Gasteiger partial charge in [0.2, 0.25) is 0 Å². The number of nitrogens with one attached hydrogen (secondary N) is 1. The number of carbonyl (C=O) groups excluding carboxylic acids is 1. The number of thiazole rings is 1. The average molecular weight is 400 g/mol. The fraction of sp³-hybridized carbons (Fsp3) is 0.238. The summed E-state index contributed by atoms with van der Waals surface area (Å²) in [6.07, 6.45) is 0.647. The molecule has 0 aliphatic heterocycles. The first kappa shape index (κ1) is 19.8. The molecule has 0 radical (unpaired) electrons. The van der Waals surface area contributed by atoms with Crippen molar-refractivity contribution in [3.8, 4) is 22.1 Å². The fourth-order valence-corrected chi connectivity index (χ4v) is 3.90. The van der Waals surface area contributed by atoms with E-state index in [1.165, 1.54) is 26.4 Å². The van der Waals surface area contributed by atoms with E-state index in [0.29, 0.717) is 30.0 Å². The van der Waals surface area contributed by atoms with Crippen LogP contribution in [-0.2, 0) is 6.42 Å². The molecule has 5 nitrogen and oxygen atoms in total. The smallest absolute Gasteiger partial charge is 0.258 e. The van der Waals surface area contributed by atoms with Gasteiger partial charge in [0, 0.05) is 23.4 Å². The van der Waals surface area contributed by atoms with E-state index < -0.39 is 0 Å². The van der Waals surface area contributed by atoms with Gasteiger partial charge >= 0.3 is 0 Å². The van der Waals surface area contributed by atoms with Crippen LogP contribution in [0.2, 0.25) is 0 Å². The minimum absolute atomic E-state index is 0.254. The van der Waals surface area contributed by atoms with Crippen molar-refractivity contribution in [2.45, 2.75) is 13.3 Å². The van der Waals surface area contributed by atoms with Crippen molar-refractivity contribution in [1.82, 2.24) is 10.3 Å². The number of hydrogen-bond donors (Lipinski definition) is 1. The highest BCUT2D eigenvalue weighted by Crippen LogP contribution is 2.29. The highest BCUT2D eigenvalue weighted by Gasteiger charge is 2.18. The molecule has 28 heavy (non-hydrogen) atoms. The Balaban J connectivity index is 1.67. The summed E-state index contributed by atoms with van der Waals surface area (Å²) in [6, 6.07) is 11.5. The molecule has 0 spiro atoms. The second kappa shape index (κ2) is 8.84. The maximum absolute atomic E-state index is 13.1. The predicted octanol–water partition coefficient (Wildman–Crippen LogP) is 4.25. The highest BCUT2D eigenvalue weighted by molar-refractivity contribution is 7.15. The zero-order valence-electron chi connectivity index (χ0n) is 15.9. The summed E-state index contributed by atoms with van der Waals surface area (Å²) in [5.74, 6) is 0.399. The van der Waals surface area contributed by atoms with E-state index in [1.54, 1.807) is 41.7 Å². The van der Waals surface area contributed by atoms with Crippen molar-refractivity contribution >= 4 is 17.2 Å². The van der Waals surface area contributed by atoms with Crippen LogP contribution in [0.4, 0.5) is 4.39 Å². The SMILES string of the molecule is COc1cccc(OC)c1C(=O)NCCc1sc(-c2ccc(F)cc2)nc1C. The summed E-state index contributed by atoms with van der Waals surface area (Å²) in [7, 11) is 3.03. The summed E-state index contributed by atoms with van der Waals surface area (Å²) in [4.78, 5) is 18.3. The number of nitrogens with zero attached hydrogens (tertiary/aromatic N) is 1. The molecule has 7 heteroatoms. The van der Waals surface area contributed by atoms with Gasteiger partial charge in [0.25, 0.3) is 5.91 Å². The Morgan fingerprint density at radius 1 is 1.11 bits per heavy atom. The van der Waals surface area contributed by atoms with Crippen LogP contribution in [-0.4, -0.2) is 31.7 Å². The van der Waals surface area contributed by atoms with Gasteiger partial charge in [-0.15, -0.1) is 11.3 Å². The molecule has 1 heterocycles. The second-order valence-corrected chi connectivity index (χ2v) is 7.16. The average Bonchev–Trinajstić information content (AvgIpc) is 3.08. The normalized spacial score (nSPS) is 10.6. The van der Waals surface area contributed by atoms with Crippen LogP contribution in [0.15, 0.2) is 42.5 Å². The lowest BCUT2D eigenvalue weighted by Crippen LogP contribution is -2.26. The summed E-state index contributed by atoms with van der Waals surface area (Å²) >= 11 is 1.55. The van der Waals surface area contributed by atoms with Crippen LogP contribution in [0, 0.1) is 12.7 Å². The van der Waals surface area contributed by atoms with Crippen LogP contribution in [0.3, 0.4) is 0 Å². The van der Waals surface area contributed by atoms with Gasteiger partial charge in [-0.25, -0.2) is 9.37 Å². The number of halogens is 1. The summed E-state index contributed by atoms with van der Waals surface area (Å²) < 4.78 is 23.7. The summed E-state index contributed by atoms with van der Waals surface area (Å²) in [6.45, 7) is 2.38. The molecule has 1 amide bonds. The molecule has 3 rings (SSSR count). The van der Waals surface area contributed by atoms with E-state index in [2.05, 4.69) is 10.3 Å². The zero-order valence-corrected chi connectivity index (χ0v) is 16.7. The number of aromatic nitrogens is 1. The maximum atomic E-state index is 13.1. The number of amides is 1. The molecule has 0 saturated heterocycles. The first-order valence-electron chi connectivity index (χ1n) is 8.75. The summed E-state index contributed by atoms with van der Waals surface area (Å²) in [5, 5.41) is 3.75. The van der Waals surface area contributed by atoms with Crippen molar-refractivity contribution in [3.05, 3.63) is 64.4 Å². The third-order valence-corrected chi connectivity index (χ3v) is 5.54. The highest BCUT2D eigenvalue weighted by atomic mass is 32.1. The lowest BCUT2D eigenvalue weighted by atomic mass is 10.1. The third-order valence-electron chi connectivity index (χ3n) is 4.28. The van der Waals surface area contributed by atoms with E-state index in [4.69, 9.17) is 9.47 Å². The Morgan fingerprint density at radius 3 is 2.36 bits per heavy atom. The minimum Gasteiger partial charge on any atom is -0.496 e. The molecule has 146 valence electrons. The first-order valence-corrected chi connectivity index (χ1v) is 9.56. The van der Waals surface area contributed by atoms with Gasteiger partial charge in [0.15, 0.2) is 0 Å². The largest absolute Gasteiger partial charge is 0.496 e. The molecule has 3 aromatic rings. The standard InChI is InChI=1S/C21H21FN2O3S/c1-13-18(28-21(24-13)14-7-9-15(22)10-8-14)11-12-23-20(25)19-16(26-2)5-4-6-17(19)27-3/h4-10H,11-12H2,1-3H3,(H,23,25). The molecule has 0 saturated carbocycles. The van der Waals surface area contributed by atoms with Crippen LogP contribution >= 0.6 is 11.3 Å². The van der Waals surface area contributed by atoms with E-state index in [-0.39, 0.29) is 11.7 Å². The predicted molar refractivity (Wildman–Crippen MR) is 108 cm³/mol. The number of methoxy groups -OCH3 is 2. The Bertz CT molecular complexity index is 948. The monoisotopic (exact) mass is 400 g/mol. The Morgan fingerprint density at radius 2 is 1.75 bits per heavy atom. The van der Waals surface area contributed by atoms with Gasteiger partial charge in [-0.3, -0.25) is 4.79 Å². The number of aryl methyl sites for hydroxylation is 1. The molecule has 0 atom stereocenters. The third kappa shape index (κ3) is 4.31. The quantitative estimate of drug-likeness (QED) is 0.644. The molecule has 0 bridgehead atoms. The second-order valence-electron chi connectivity index (χ2n) is 6.08. The van der Waals surface area contributed by atoms with Crippen LogP contribution in [0.5, 0.6) is 11.5 Å². The van der Waals surface area contributed by atoms with Crippen LogP contribution in [0.25, 0.3) is 10.6 Å². The lowest BCUT2D eigenvalue weighted by molar-refractivity contribution is 0.0948. The van der Waals surface area contributed by atoms with E-state index >= 15 is 0 Å². The molecular weight excluding hydrogens is 379 g/mol. The molecule has 2 aromatic carbocycles. The topological polar surface area (TPSA) is 60.5 Å². The van der Waals surface area contributed by atoms with E-state index in [0.717, 1.165) is 21.1 Å². The Hall–Kier alpha value is -2.93. The van der Waals surface area contributed by atoms with Crippen LogP contribution in [0.1, 0.15) is 20.9 Å². The Kier molecular flexibility index (Phi) is 6.26. The van der Waals surface area contributed by atoms with Crippen molar-refractivity contribution in [1.29, 1.82) is 0 Å². The number of benzene rings is 2. The number of ether oxygens (including phenoxy) is 2. The van der Waals surface area contributed by atoms with E-state index in [9.17, 15) is 9.18 Å². The zero-order chi connectivity index (χ0) is 20.1. The Labute approximate surface area is 167 Å². The van der Waals surface area contributed by atoms with Gasteiger partial charge in [0.05, 0.1) is 19.9 Å². The minimum atomic E-state index is -0.272. The van der Waals surface area contributed by atoms with Crippen LogP contribution < -0.4 is 14.8 Å². The van der Waals surface area contributed by atoms with E-state index in [1.807, 2.05) is 6.92 Å². The van der Waals surface area contributed by atoms with Gasteiger partial charge in [0.1, 0.15) is 27.9 Å². The summed E-state index contributed by atoms with van der Waals surface area (Å²) in [5.41, 5.74) is 2.16. The van der Waals surface area contributed by atoms with Crippen molar-refractivity contribution in [2.75, 3.05) is 20.8 Å². The fourth-order valence-electron chi connectivity index (χ4n) is 2.83. The molecular formula is C21H21FN2O3S. The molecule has 0 aliphatic carbocycles.